The van der Waals surface area contributed by atoms with Gasteiger partial charge >= 0.3 is 0 Å². The Morgan fingerprint density at radius 3 is 1.93 bits per heavy atom. The second-order valence-corrected chi connectivity index (χ2v) is 6.59. The van der Waals surface area contributed by atoms with Crippen LogP contribution in [0.15, 0.2) is 42.5 Å². The zero-order chi connectivity index (χ0) is 19.6. The number of hydrogen-bond acceptors (Lipinski definition) is 4. The number of carbonyl (C=O) groups excluding carboxylic acids is 2. The molecular weight excluding hydrogens is 415 g/mol. The van der Waals surface area contributed by atoms with E-state index in [4.69, 9.17) is 44.3 Å². The molecule has 2 amide bonds. The lowest BCUT2D eigenvalue weighted by atomic mass is 10.3. The maximum atomic E-state index is 11.7. The van der Waals surface area contributed by atoms with Crippen LogP contribution in [0.2, 0.25) is 15.1 Å². The molecule has 0 aliphatic carbocycles. The Kier molecular flexibility index (Phi) is 8.51. The van der Waals surface area contributed by atoms with Crippen LogP contribution in [0.25, 0.3) is 0 Å². The first-order valence-corrected chi connectivity index (χ1v) is 9.07. The molecule has 0 bridgehead atoms. The lowest BCUT2D eigenvalue weighted by molar-refractivity contribution is -0.124. The van der Waals surface area contributed by atoms with Crippen LogP contribution in [0, 0.1) is 0 Å². The van der Waals surface area contributed by atoms with E-state index in [1.165, 1.54) is 6.07 Å². The second-order valence-electron chi connectivity index (χ2n) is 5.31. The molecule has 2 aromatic carbocycles. The van der Waals surface area contributed by atoms with E-state index in [1.54, 1.807) is 36.4 Å². The van der Waals surface area contributed by atoms with E-state index in [0.29, 0.717) is 26.6 Å². The maximum Gasteiger partial charge on any atom is 0.258 e. The van der Waals surface area contributed by atoms with Crippen LogP contribution >= 0.6 is 34.8 Å². The third-order valence-corrected chi connectivity index (χ3v) is 3.99. The van der Waals surface area contributed by atoms with Crippen molar-refractivity contribution in [3.8, 4) is 11.5 Å². The molecule has 6 nitrogen and oxygen atoms in total. The molecule has 2 aromatic rings. The maximum absolute atomic E-state index is 11.7. The van der Waals surface area contributed by atoms with E-state index in [2.05, 4.69) is 10.6 Å². The van der Waals surface area contributed by atoms with Crippen molar-refractivity contribution < 1.29 is 19.1 Å². The summed E-state index contributed by atoms with van der Waals surface area (Å²) >= 11 is 17.5. The minimum atomic E-state index is -0.340. The van der Waals surface area contributed by atoms with Crippen molar-refractivity contribution in [1.82, 2.24) is 10.6 Å². The highest BCUT2D eigenvalue weighted by atomic mass is 35.5. The molecule has 0 unspecified atom stereocenters. The molecule has 0 fully saturated rings. The summed E-state index contributed by atoms with van der Waals surface area (Å²) in [5.74, 6) is 0.265. The monoisotopic (exact) mass is 430 g/mol. The standard InChI is InChI=1S/C18H17Cl3N2O4/c19-12-1-4-14(5-2-12)26-10-17(24)22-7-8-23-18(25)11-27-16-6-3-13(20)9-15(16)21/h1-6,9H,7-8,10-11H2,(H,22,24)(H,23,25). The van der Waals surface area contributed by atoms with Gasteiger partial charge in [-0.2, -0.15) is 0 Å². The van der Waals surface area contributed by atoms with Gasteiger partial charge in [-0.3, -0.25) is 9.59 Å². The summed E-state index contributed by atoms with van der Waals surface area (Å²) in [6, 6.07) is 11.4. The molecule has 2 N–H and O–H groups in total. The number of benzene rings is 2. The minimum Gasteiger partial charge on any atom is -0.484 e. The van der Waals surface area contributed by atoms with Crippen molar-refractivity contribution in [2.45, 2.75) is 0 Å². The van der Waals surface area contributed by atoms with Gasteiger partial charge in [0.05, 0.1) is 5.02 Å². The molecule has 144 valence electrons. The summed E-state index contributed by atoms with van der Waals surface area (Å²) < 4.78 is 10.6. The Morgan fingerprint density at radius 2 is 1.33 bits per heavy atom. The molecule has 0 spiro atoms. The van der Waals surface area contributed by atoms with Gasteiger partial charge < -0.3 is 20.1 Å². The van der Waals surface area contributed by atoms with E-state index in [0.717, 1.165) is 0 Å². The molecule has 0 radical (unpaired) electrons. The number of hydrogen-bond donors (Lipinski definition) is 2. The average Bonchev–Trinajstić information content (AvgIpc) is 2.64. The lowest BCUT2D eigenvalue weighted by Gasteiger charge is -2.10. The first kappa shape index (κ1) is 21.2. The average molecular weight is 432 g/mol. The van der Waals surface area contributed by atoms with Gasteiger partial charge in [-0.15, -0.1) is 0 Å². The van der Waals surface area contributed by atoms with Gasteiger partial charge in [0, 0.05) is 23.1 Å². The van der Waals surface area contributed by atoms with E-state index in [1.807, 2.05) is 0 Å². The number of amides is 2. The summed E-state index contributed by atoms with van der Waals surface area (Å²) in [6.07, 6.45) is 0. The number of rotatable bonds is 9. The molecule has 0 heterocycles. The number of carbonyl (C=O) groups is 2. The van der Waals surface area contributed by atoms with Crippen molar-refractivity contribution in [2.24, 2.45) is 0 Å². The summed E-state index contributed by atoms with van der Waals surface area (Å²) in [5, 5.41) is 6.63. The lowest BCUT2D eigenvalue weighted by Crippen LogP contribution is -2.38. The van der Waals surface area contributed by atoms with Crippen LogP contribution in [0.4, 0.5) is 0 Å². The molecular formula is C18H17Cl3N2O4. The summed E-state index contributed by atoms with van der Waals surface area (Å²) in [5.41, 5.74) is 0. The first-order valence-electron chi connectivity index (χ1n) is 7.93. The fraction of sp³-hybridized carbons (Fsp3) is 0.222. The van der Waals surface area contributed by atoms with Crippen molar-refractivity contribution in [2.75, 3.05) is 26.3 Å². The highest BCUT2D eigenvalue weighted by Gasteiger charge is 2.07. The van der Waals surface area contributed by atoms with Gasteiger partial charge in [-0.25, -0.2) is 0 Å². The quantitative estimate of drug-likeness (QED) is 0.597. The third-order valence-electron chi connectivity index (χ3n) is 3.21. The number of halogens is 3. The van der Waals surface area contributed by atoms with Gasteiger partial charge in [0.25, 0.3) is 11.8 Å². The molecule has 2 rings (SSSR count). The predicted molar refractivity (Wildman–Crippen MR) is 105 cm³/mol. The van der Waals surface area contributed by atoms with E-state index in [-0.39, 0.29) is 38.1 Å². The fourth-order valence-corrected chi connectivity index (χ4v) is 2.51. The fourth-order valence-electron chi connectivity index (χ4n) is 1.92. The highest BCUT2D eigenvalue weighted by Crippen LogP contribution is 2.27. The molecule has 27 heavy (non-hydrogen) atoms. The second kappa shape index (κ2) is 10.9. The van der Waals surface area contributed by atoms with Gasteiger partial charge in [-0.05, 0) is 42.5 Å². The van der Waals surface area contributed by atoms with Crippen molar-refractivity contribution >= 4 is 46.6 Å². The van der Waals surface area contributed by atoms with Crippen LogP contribution in [0.1, 0.15) is 0 Å². The van der Waals surface area contributed by atoms with Crippen LogP contribution in [0.3, 0.4) is 0 Å². The van der Waals surface area contributed by atoms with Crippen LogP contribution in [-0.2, 0) is 9.59 Å². The first-order chi connectivity index (χ1) is 12.9. The van der Waals surface area contributed by atoms with Gasteiger partial charge in [0.2, 0.25) is 0 Å². The van der Waals surface area contributed by atoms with E-state index in [9.17, 15) is 9.59 Å². The Morgan fingerprint density at radius 1 is 0.778 bits per heavy atom. The van der Waals surface area contributed by atoms with E-state index < -0.39 is 0 Å². The molecule has 9 heteroatoms. The topological polar surface area (TPSA) is 76.7 Å². The van der Waals surface area contributed by atoms with Gasteiger partial charge in [0.1, 0.15) is 11.5 Å². The zero-order valence-electron chi connectivity index (χ0n) is 14.1. The molecule has 0 atom stereocenters. The van der Waals surface area contributed by atoms with E-state index >= 15 is 0 Å². The molecule has 0 saturated heterocycles. The van der Waals surface area contributed by atoms with Crippen LogP contribution in [-0.4, -0.2) is 38.1 Å². The van der Waals surface area contributed by atoms with Crippen LogP contribution in [0.5, 0.6) is 11.5 Å². The van der Waals surface area contributed by atoms with Crippen molar-refractivity contribution in [1.29, 1.82) is 0 Å². The van der Waals surface area contributed by atoms with Crippen molar-refractivity contribution in [3.63, 3.8) is 0 Å². The zero-order valence-corrected chi connectivity index (χ0v) is 16.4. The van der Waals surface area contributed by atoms with Crippen molar-refractivity contribution in [3.05, 3.63) is 57.5 Å². The number of nitrogens with one attached hydrogen (secondary N) is 2. The summed E-state index contributed by atoms with van der Waals surface area (Å²) in [6.45, 7) is 0.183. The molecule has 0 aliphatic heterocycles. The normalized spacial score (nSPS) is 10.2. The largest absolute Gasteiger partial charge is 0.484 e. The molecule has 0 saturated carbocycles. The smallest absolute Gasteiger partial charge is 0.258 e. The Labute approximate surface area is 171 Å². The third kappa shape index (κ3) is 7.95. The summed E-state index contributed by atoms with van der Waals surface area (Å²) in [4.78, 5) is 23.4. The van der Waals surface area contributed by atoms with Gasteiger partial charge in [-0.1, -0.05) is 34.8 Å². The SMILES string of the molecule is O=C(COc1ccc(Cl)cc1)NCCNC(=O)COc1ccc(Cl)cc1Cl. The van der Waals surface area contributed by atoms with Gasteiger partial charge in [0.15, 0.2) is 13.2 Å². The summed E-state index contributed by atoms with van der Waals surface area (Å²) in [7, 11) is 0. The Hall–Kier alpha value is -2.15. The minimum absolute atomic E-state index is 0.131. The Balaban J connectivity index is 1.58. The highest BCUT2D eigenvalue weighted by molar-refractivity contribution is 6.35. The Bertz CT molecular complexity index is 785. The molecule has 0 aromatic heterocycles. The number of ether oxygens (including phenoxy) is 2. The van der Waals surface area contributed by atoms with Crippen LogP contribution < -0.4 is 20.1 Å². The predicted octanol–water partition coefficient (Wildman–Crippen LogP) is 3.34. The molecule has 0 aliphatic rings.